The molecule has 1 saturated heterocycles. The summed E-state index contributed by atoms with van der Waals surface area (Å²) in [7, 11) is 1.42. The van der Waals surface area contributed by atoms with E-state index in [-0.39, 0.29) is 5.41 Å². The number of esters is 1. The summed E-state index contributed by atoms with van der Waals surface area (Å²) in [5.41, 5.74) is 7.07. The molecule has 3 aromatic heterocycles. The van der Waals surface area contributed by atoms with Gasteiger partial charge < -0.3 is 18.9 Å². The van der Waals surface area contributed by atoms with Crippen LogP contribution in [0.2, 0.25) is 0 Å². The Balaban J connectivity index is 1.56. The summed E-state index contributed by atoms with van der Waals surface area (Å²) in [6, 6.07) is 10.6. The Bertz CT molecular complexity index is 1740. The summed E-state index contributed by atoms with van der Waals surface area (Å²) < 4.78 is 16.0. The zero-order valence-electron chi connectivity index (χ0n) is 28.9. The smallest absolute Gasteiger partial charge is 0.339 e. The number of ether oxygens (including phenoxy) is 2. The first kappa shape index (κ1) is 32.2. The maximum absolute atomic E-state index is 13.4. The minimum atomic E-state index is -0.936. The number of aryl methyl sites for hydroxylation is 3. The van der Waals surface area contributed by atoms with E-state index in [2.05, 4.69) is 60.6 Å². The lowest BCUT2D eigenvalue weighted by atomic mass is 9.76. The van der Waals surface area contributed by atoms with Crippen LogP contribution in [0, 0.1) is 26.2 Å². The van der Waals surface area contributed by atoms with E-state index in [1.807, 2.05) is 32.2 Å². The van der Waals surface area contributed by atoms with Crippen molar-refractivity contribution in [3.05, 3.63) is 58.8 Å². The Morgan fingerprint density at radius 1 is 0.957 bits per heavy atom. The van der Waals surface area contributed by atoms with E-state index < -0.39 is 17.7 Å². The Labute approximate surface area is 273 Å². The Hall–Kier alpha value is -3.72. The van der Waals surface area contributed by atoms with Crippen molar-refractivity contribution in [1.29, 1.82) is 0 Å². The number of imidazole rings is 1. The van der Waals surface area contributed by atoms with Gasteiger partial charge in [-0.3, -0.25) is 0 Å². The Kier molecular flexibility index (Phi) is 8.74. The normalized spacial score (nSPS) is 17.8. The summed E-state index contributed by atoms with van der Waals surface area (Å²) in [5, 5.41) is 5.21. The van der Waals surface area contributed by atoms with Crippen LogP contribution in [0.1, 0.15) is 107 Å². The number of hydrogen-bond acceptors (Lipinski definition) is 7. The number of carbonyl (C=O) groups excluding carboxylic acids is 1. The standard InChI is InChI=1S/C37H50N6O3/c1-24-26(3)42-28-15-13-14-27(22-28)29-23-31-39-25(2)32(33(35(44)45-8)46-36(4,5)6)34(43(31)40-29)41-20-18-37(7,19-21-41)17-12-10-9-11-16-30(42)38-24/h13-15,22-23,33H,9-12,16-21H2,1-8H3/t33-/m0/s1. The lowest BCUT2D eigenvalue weighted by Crippen LogP contribution is -2.41. The number of nitrogens with zero attached hydrogens (tertiary/aromatic N) is 6. The SMILES string of the molecule is COC(=O)[C@@H](OC(C)(C)C)c1c(C)nc2cc3nn2c1N1CCC(C)(CCCCCCc2nc(C)c(C)n2-c2cccc-3c2)CC1. The molecule has 3 aliphatic heterocycles. The van der Waals surface area contributed by atoms with Crippen molar-refractivity contribution in [3.8, 4) is 16.9 Å². The summed E-state index contributed by atoms with van der Waals surface area (Å²) >= 11 is 0. The van der Waals surface area contributed by atoms with Crippen LogP contribution in [0.4, 0.5) is 5.82 Å². The second kappa shape index (κ2) is 12.5. The first-order valence-electron chi connectivity index (χ1n) is 16.9. The molecule has 0 N–H and O–H groups in total. The molecule has 0 radical (unpaired) electrons. The third-order valence-electron chi connectivity index (χ3n) is 9.97. The molecule has 0 unspecified atom stereocenters. The molecule has 0 amide bonds. The zero-order valence-corrected chi connectivity index (χ0v) is 28.9. The monoisotopic (exact) mass is 626 g/mol. The van der Waals surface area contributed by atoms with E-state index in [1.165, 1.54) is 38.5 Å². The van der Waals surface area contributed by atoms with Gasteiger partial charge in [-0.25, -0.2) is 14.8 Å². The number of rotatable bonds is 3. The average Bonchev–Trinajstić information content (AvgIpc) is 3.56. The van der Waals surface area contributed by atoms with E-state index >= 15 is 0 Å². The molecule has 0 aliphatic carbocycles. The van der Waals surface area contributed by atoms with E-state index in [9.17, 15) is 4.79 Å². The van der Waals surface area contributed by atoms with Crippen molar-refractivity contribution in [2.75, 3.05) is 25.1 Å². The molecule has 0 saturated carbocycles. The van der Waals surface area contributed by atoms with Gasteiger partial charge in [0.05, 0.1) is 29.7 Å². The maximum atomic E-state index is 13.4. The molecule has 6 bridgehead atoms. The molecule has 246 valence electrons. The number of anilines is 1. The molecule has 46 heavy (non-hydrogen) atoms. The number of carbonyl (C=O) groups is 1. The van der Waals surface area contributed by atoms with Crippen LogP contribution < -0.4 is 4.90 Å². The van der Waals surface area contributed by atoms with Crippen LogP contribution in [0.5, 0.6) is 0 Å². The van der Waals surface area contributed by atoms with Gasteiger partial charge in [0.2, 0.25) is 0 Å². The van der Waals surface area contributed by atoms with Crippen molar-refractivity contribution in [3.63, 3.8) is 0 Å². The van der Waals surface area contributed by atoms with Crippen molar-refractivity contribution in [2.24, 2.45) is 5.41 Å². The average molecular weight is 627 g/mol. The molecule has 9 nitrogen and oxygen atoms in total. The third-order valence-corrected chi connectivity index (χ3v) is 9.97. The zero-order chi connectivity index (χ0) is 32.8. The molecule has 9 heteroatoms. The highest BCUT2D eigenvalue weighted by atomic mass is 16.6. The first-order valence-corrected chi connectivity index (χ1v) is 16.9. The van der Waals surface area contributed by atoms with Gasteiger partial charge in [0, 0.05) is 48.2 Å². The Morgan fingerprint density at radius 3 is 2.41 bits per heavy atom. The third kappa shape index (κ3) is 6.31. The fourth-order valence-corrected chi connectivity index (χ4v) is 7.24. The van der Waals surface area contributed by atoms with Gasteiger partial charge in [-0.1, -0.05) is 38.3 Å². The number of aromatic nitrogens is 5. The van der Waals surface area contributed by atoms with Gasteiger partial charge in [0.25, 0.3) is 0 Å². The number of methoxy groups -OCH3 is 1. The largest absolute Gasteiger partial charge is 0.467 e. The molecule has 0 spiro atoms. The molecule has 3 aliphatic rings. The summed E-state index contributed by atoms with van der Waals surface area (Å²) in [6.45, 7) is 16.3. The van der Waals surface area contributed by atoms with E-state index in [0.717, 1.165) is 90.0 Å². The quantitative estimate of drug-likeness (QED) is 0.216. The van der Waals surface area contributed by atoms with Crippen LogP contribution in [0.3, 0.4) is 0 Å². The number of piperidine rings is 1. The minimum absolute atomic E-state index is 0.281. The lowest BCUT2D eigenvalue weighted by Gasteiger charge is -2.41. The van der Waals surface area contributed by atoms with Crippen LogP contribution in [-0.4, -0.2) is 55.9 Å². The second-order valence-electron chi connectivity index (χ2n) is 14.7. The molecule has 1 aromatic carbocycles. The predicted molar refractivity (Wildman–Crippen MR) is 182 cm³/mol. The molecule has 7 rings (SSSR count). The van der Waals surface area contributed by atoms with Crippen molar-refractivity contribution >= 4 is 17.4 Å². The van der Waals surface area contributed by atoms with Crippen molar-refractivity contribution < 1.29 is 14.3 Å². The predicted octanol–water partition coefficient (Wildman–Crippen LogP) is 7.65. The minimum Gasteiger partial charge on any atom is -0.467 e. The van der Waals surface area contributed by atoms with Crippen LogP contribution in [0.25, 0.3) is 22.6 Å². The maximum Gasteiger partial charge on any atom is 0.339 e. The Morgan fingerprint density at radius 2 is 1.70 bits per heavy atom. The van der Waals surface area contributed by atoms with E-state index in [1.54, 1.807) is 0 Å². The second-order valence-corrected chi connectivity index (χ2v) is 14.7. The number of fused-ring (bicyclic) bond motifs is 7. The summed E-state index contributed by atoms with van der Waals surface area (Å²) in [5.74, 6) is 1.55. The molecule has 4 aromatic rings. The number of benzene rings is 1. The van der Waals surface area contributed by atoms with Crippen LogP contribution >= 0.6 is 0 Å². The highest BCUT2D eigenvalue weighted by Crippen LogP contribution is 2.42. The van der Waals surface area contributed by atoms with Gasteiger partial charge in [-0.2, -0.15) is 9.61 Å². The van der Waals surface area contributed by atoms with E-state index in [4.69, 9.17) is 24.5 Å². The van der Waals surface area contributed by atoms with Gasteiger partial charge >= 0.3 is 5.97 Å². The van der Waals surface area contributed by atoms with Gasteiger partial charge in [0.15, 0.2) is 11.8 Å². The summed E-state index contributed by atoms with van der Waals surface area (Å²) in [4.78, 5) is 25.8. The molecular formula is C37H50N6O3. The van der Waals surface area contributed by atoms with Crippen molar-refractivity contribution in [1.82, 2.24) is 24.1 Å². The van der Waals surface area contributed by atoms with Gasteiger partial charge in [0.1, 0.15) is 11.6 Å². The fraction of sp³-hybridized carbons (Fsp3) is 0.568. The molecule has 1 atom stereocenters. The highest BCUT2D eigenvalue weighted by molar-refractivity contribution is 5.80. The molecule has 1 fully saturated rings. The van der Waals surface area contributed by atoms with Crippen LogP contribution in [-0.2, 0) is 20.7 Å². The molecule has 6 heterocycles. The first-order chi connectivity index (χ1) is 21.9. The molecular weight excluding hydrogens is 576 g/mol. The number of hydrogen-bond donors (Lipinski definition) is 0. The van der Waals surface area contributed by atoms with Gasteiger partial charge in [-0.15, -0.1) is 0 Å². The fourth-order valence-electron chi connectivity index (χ4n) is 7.24. The van der Waals surface area contributed by atoms with Crippen molar-refractivity contribution in [2.45, 2.75) is 112 Å². The summed E-state index contributed by atoms with van der Waals surface area (Å²) in [6.07, 6.45) is 8.23. The van der Waals surface area contributed by atoms with Gasteiger partial charge in [-0.05, 0) is 84.8 Å². The highest BCUT2D eigenvalue weighted by Gasteiger charge is 2.38. The van der Waals surface area contributed by atoms with E-state index in [0.29, 0.717) is 0 Å². The lowest BCUT2D eigenvalue weighted by molar-refractivity contribution is -0.164. The topological polar surface area (TPSA) is 86.8 Å². The van der Waals surface area contributed by atoms with Crippen LogP contribution in [0.15, 0.2) is 30.3 Å².